The van der Waals surface area contributed by atoms with Gasteiger partial charge in [-0.2, -0.15) is 10.4 Å². The van der Waals surface area contributed by atoms with Crippen LogP contribution >= 0.6 is 11.6 Å². The standard InChI is InChI=1S/C11H10ClN3O/c1-2-3-7-10(16)8(6-13)9-4-5-14-15(9)11(7)12/h4-5,16H,2-3H2,1H3. The Balaban J connectivity index is 2.86. The Labute approximate surface area is 97.7 Å². The summed E-state index contributed by atoms with van der Waals surface area (Å²) in [4.78, 5) is 0. The van der Waals surface area contributed by atoms with Crippen LogP contribution in [0.25, 0.3) is 5.52 Å². The molecular weight excluding hydrogens is 226 g/mol. The van der Waals surface area contributed by atoms with Crippen molar-refractivity contribution in [2.75, 3.05) is 0 Å². The Bertz CT molecular complexity index is 583. The molecule has 0 bridgehead atoms. The molecule has 82 valence electrons. The monoisotopic (exact) mass is 235 g/mol. The van der Waals surface area contributed by atoms with Gasteiger partial charge in [0.15, 0.2) is 0 Å². The first-order valence-corrected chi connectivity index (χ1v) is 5.35. The van der Waals surface area contributed by atoms with Crippen LogP contribution in [0, 0.1) is 11.3 Å². The fourth-order valence-electron chi connectivity index (χ4n) is 1.73. The van der Waals surface area contributed by atoms with Crippen LogP contribution in [0.1, 0.15) is 24.5 Å². The number of halogens is 1. The van der Waals surface area contributed by atoms with Crippen LogP contribution in [0.4, 0.5) is 0 Å². The second kappa shape index (κ2) is 4.03. The van der Waals surface area contributed by atoms with Crippen molar-refractivity contribution in [1.82, 2.24) is 9.61 Å². The van der Waals surface area contributed by atoms with E-state index in [1.54, 1.807) is 12.3 Å². The quantitative estimate of drug-likeness (QED) is 0.814. The van der Waals surface area contributed by atoms with Crippen LogP contribution in [0.5, 0.6) is 5.75 Å². The highest BCUT2D eigenvalue weighted by Gasteiger charge is 2.17. The summed E-state index contributed by atoms with van der Waals surface area (Å²) in [6.45, 7) is 1.98. The number of nitrogens with zero attached hydrogens (tertiary/aromatic N) is 3. The number of fused-ring (bicyclic) bond motifs is 1. The van der Waals surface area contributed by atoms with Crippen molar-refractivity contribution in [3.05, 3.63) is 28.5 Å². The summed E-state index contributed by atoms with van der Waals surface area (Å²) in [6, 6.07) is 3.63. The maximum Gasteiger partial charge on any atom is 0.141 e. The lowest BCUT2D eigenvalue weighted by atomic mass is 10.1. The lowest BCUT2D eigenvalue weighted by molar-refractivity contribution is 0.465. The number of hydrogen-bond acceptors (Lipinski definition) is 3. The first kappa shape index (κ1) is 10.8. The number of nitriles is 1. The molecule has 2 rings (SSSR count). The van der Waals surface area contributed by atoms with E-state index in [1.165, 1.54) is 4.52 Å². The maximum absolute atomic E-state index is 9.97. The van der Waals surface area contributed by atoms with Gasteiger partial charge < -0.3 is 5.11 Å². The molecule has 0 fully saturated rings. The first-order chi connectivity index (χ1) is 7.70. The van der Waals surface area contributed by atoms with Crippen LogP contribution in [0.3, 0.4) is 0 Å². The van der Waals surface area contributed by atoms with Gasteiger partial charge in [0.25, 0.3) is 0 Å². The van der Waals surface area contributed by atoms with Gasteiger partial charge in [0.2, 0.25) is 0 Å². The van der Waals surface area contributed by atoms with E-state index in [9.17, 15) is 5.11 Å². The fraction of sp³-hybridized carbons (Fsp3) is 0.273. The van der Waals surface area contributed by atoms with Gasteiger partial charge in [0.05, 0.1) is 11.7 Å². The van der Waals surface area contributed by atoms with E-state index in [1.807, 2.05) is 13.0 Å². The summed E-state index contributed by atoms with van der Waals surface area (Å²) in [6.07, 6.45) is 3.01. The number of rotatable bonds is 2. The average molecular weight is 236 g/mol. The lowest BCUT2D eigenvalue weighted by Gasteiger charge is -2.09. The van der Waals surface area contributed by atoms with E-state index in [0.29, 0.717) is 22.7 Å². The number of hydrogen-bond donors (Lipinski definition) is 1. The van der Waals surface area contributed by atoms with Crippen LogP contribution in [0.15, 0.2) is 12.3 Å². The highest BCUT2D eigenvalue weighted by atomic mass is 35.5. The summed E-state index contributed by atoms with van der Waals surface area (Å²) >= 11 is 6.13. The number of aromatic nitrogens is 2. The third-order valence-corrected chi connectivity index (χ3v) is 2.86. The molecule has 0 unspecified atom stereocenters. The van der Waals surface area contributed by atoms with Gasteiger partial charge in [-0.1, -0.05) is 24.9 Å². The van der Waals surface area contributed by atoms with Crippen LogP contribution in [0.2, 0.25) is 5.15 Å². The SMILES string of the molecule is CCCc1c(O)c(C#N)c2ccnn2c1Cl. The van der Waals surface area contributed by atoms with Crippen molar-refractivity contribution in [3.8, 4) is 11.8 Å². The second-order valence-corrected chi connectivity index (χ2v) is 3.84. The summed E-state index contributed by atoms with van der Waals surface area (Å²) in [5.74, 6) is -0.0256. The van der Waals surface area contributed by atoms with E-state index >= 15 is 0 Å². The lowest BCUT2D eigenvalue weighted by Crippen LogP contribution is -1.99. The smallest absolute Gasteiger partial charge is 0.141 e. The first-order valence-electron chi connectivity index (χ1n) is 4.97. The average Bonchev–Trinajstić information content (AvgIpc) is 2.74. The van der Waals surface area contributed by atoms with Gasteiger partial charge in [0.1, 0.15) is 22.5 Å². The minimum atomic E-state index is -0.0256. The molecule has 0 saturated heterocycles. The molecule has 4 nitrogen and oxygen atoms in total. The summed E-state index contributed by atoms with van der Waals surface area (Å²) in [7, 11) is 0. The molecule has 0 spiro atoms. The molecule has 0 aliphatic heterocycles. The zero-order valence-corrected chi connectivity index (χ0v) is 9.49. The Morgan fingerprint density at radius 2 is 2.38 bits per heavy atom. The second-order valence-electron chi connectivity index (χ2n) is 3.48. The maximum atomic E-state index is 9.97. The normalized spacial score (nSPS) is 10.6. The molecule has 2 aromatic heterocycles. The minimum absolute atomic E-state index is 0.0256. The van der Waals surface area contributed by atoms with Gasteiger partial charge in [-0.15, -0.1) is 0 Å². The molecule has 2 aromatic rings. The van der Waals surface area contributed by atoms with Crippen molar-refractivity contribution in [2.24, 2.45) is 0 Å². The highest BCUT2D eigenvalue weighted by molar-refractivity contribution is 6.30. The molecular formula is C11H10ClN3O. The molecule has 0 radical (unpaired) electrons. The molecule has 5 heteroatoms. The van der Waals surface area contributed by atoms with Gasteiger partial charge in [0, 0.05) is 5.56 Å². The molecule has 0 amide bonds. The third kappa shape index (κ3) is 1.41. The molecule has 0 aromatic carbocycles. The Morgan fingerprint density at radius 1 is 1.62 bits per heavy atom. The van der Waals surface area contributed by atoms with Gasteiger partial charge in [-0.05, 0) is 12.5 Å². The summed E-state index contributed by atoms with van der Waals surface area (Å²) < 4.78 is 1.48. The van der Waals surface area contributed by atoms with Crippen LogP contribution < -0.4 is 0 Å². The molecule has 16 heavy (non-hydrogen) atoms. The molecule has 2 heterocycles. The summed E-state index contributed by atoms with van der Waals surface area (Å²) in [5, 5.41) is 23.4. The molecule has 0 aliphatic rings. The van der Waals surface area contributed by atoms with Crippen molar-refractivity contribution < 1.29 is 5.11 Å². The largest absolute Gasteiger partial charge is 0.506 e. The van der Waals surface area contributed by atoms with E-state index in [-0.39, 0.29) is 11.3 Å². The zero-order chi connectivity index (χ0) is 11.7. The number of pyridine rings is 1. The highest BCUT2D eigenvalue weighted by Crippen LogP contribution is 2.33. The van der Waals surface area contributed by atoms with E-state index in [4.69, 9.17) is 16.9 Å². The fourth-order valence-corrected chi connectivity index (χ4v) is 2.05. The Kier molecular flexibility index (Phi) is 2.71. The van der Waals surface area contributed by atoms with Crippen LogP contribution in [-0.2, 0) is 6.42 Å². The van der Waals surface area contributed by atoms with Crippen molar-refractivity contribution >= 4 is 17.1 Å². The van der Waals surface area contributed by atoms with Crippen molar-refractivity contribution in [1.29, 1.82) is 5.26 Å². The topological polar surface area (TPSA) is 61.3 Å². The Hall–Kier alpha value is -1.73. The zero-order valence-electron chi connectivity index (χ0n) is 8.74. The van der Waals surface area contributed by atoms with E-state index < -0.39 is 0 Å². The predicted octanol–water partition coefficient (Wildman–Crippen LogP) is 2.52. The summed E-state index contributed by atoms with van der Waals surface area (Å²) in [5.41, 5.74) is 1.34. The molecule has 0 aliphatic carbocycles. The van der Waals surface area contributed by atoms with E-state index in [0.717, 1.165) is 6.42 Å². The predicted molar refractivity (Wildman–Crippen MR) is 60.6 cm³/mol. The molecule has 1 N–H and O–H groups in total. The molecule has 0 atom stereocenters. The van der Waals surface area contributed by atoms with Gasteiger partial charge >= 0.3 is 0 Å². The minimum Gasteiger partial charge on any atom is -0.506 e. The van der Waals surface area contributed by atoms with Crippen LogP contribution in [-0.4, -0.2) is 14.7 Å². The van der Waals surface area contributed by atoms with Gasteiger partial charge in [-0.3, -0.25) is 0 Å². The van der Waals surface area contributed by atoms with Crippen molar-refractivity contribution in [2.45, 2.75) is 19.8 Å². The van der Waals surface area contributed by atoms with Gasteiger partial charge in [-0.25, -0.2) is 4.52 Å². The van der Waals surface area contributed by atoms with E-state index in [2.05, 4.69) is 5.10 Å². The van der Waals surface area contributed by atoms with Crippen molar-refractivity contribution in [3.63, 3.8) is 0 Å². The molecule has 0 saturated carbocycles. The number of aromatic hydroxyl groups is 1. The third-order valence-electron chi connectivity index (χ3n) is 2.47. The Morgan fingerprint density at radius 3 is 3.00 bits per heavy atom.